The van der Waals surface area contributed by atoms with Crippen LogP contribution in [0.1, 0.15) is 94.7 Å². The molecule has 1 spiro atoms. The van der Waals surface area contributed by atoms with Crippen molar-refractivity contribution in [3.05, 3.63) is 70.8 Å². The zero-order chi connectivity index (χ0) is 30.9. The van der Waals surface area contributed by atoms with Gasteiger partial charge < -0.3 is 19.7 Å². The van der Waals surface area contributed by atoms with Crippen molar-refractivity contribution in [1.29, 1.82) is 0 Å². The molecule has 6 heteroatoms. The van der Waals surface area contributed by atoms with Crippen LogP contribution in [-0.2, 0) is 26.9 Å². The summed E-state index contributed by atoms with van der Waals surface area (Å²) in [5, 5.41) is 25.6. The molecule has 6 nitrogen and oxygen atoms in total. The maximum atomic E-state index is 12.3. The Labute approximate surface area is 262 Å². The molecule has 6 aliphatic rings. The molecule has 4 bridgehead atoms. The van der Waals surface area contributed by atoms with Crippen LogP contribution in [0, 0.1) is 23.2 Å². The van der Waals surface area contributed by atoms with Crippen molar-refractivity contribution in [1.82, 2.24) is 5.32 Å². The van der Waals surface area contributed by atoms with Gasteiger partial charge >= 0.3 is 5.97 Å². The van der Waals surface area contributed by atoms with Crippen LogP contribution in [-0.4, -0.2) is 42.0 Å². The molecule has 0 heterocycles. The summed E-state index contributed by atoms with van der Waals surface area (Å²) in [6.45, 7) is 3.96. The minimum atomic E-state index is -0.851. The number of fused-ring (bicyclic) bond motifs is 3. The van der Waals surface area contributed by atoms with Gasteiger partial charge in [-0.1, -0.05) is 48.0 Å². The zero-order valence-corrected chi connectivity index (χ0v) is 26.8. The number of hydrogen-bond donors (Lipinski definition) is 3. The molecule has 4 fully saturated rings. The van der Waals surface area contributed by atoms with E-state index in [2.05, 4.69) is 48.6 Å². The van der Waals surface area contributed by atoms with Crippen LogP contribution in [0.3, 0.4) is 0 Å². The van der Waals surface area contributed by atoms with Crippen molar-refractivity contribution >= 4 is 5.97 Å². The lowest BCUT2D eigenvalue weighted by Gasteiger charge is -2.73. The summed E-state index contributed by atoms with van der Waals surface area (Å²) in [5.41, 5.74) is 3.60. The number of rotatable bonds is 9. The average Bonchev–Trinajstić information content (AvgIpc) is 3.84. The Kier molecular flexibility index (Phi) is 7.21. The number of aromatic hydroxyl groups is 1. The topological polar surface area (TPSA) is 88.0 Å². The van der Waals surface area contributed by atoms with Crippen LogP contribution in [0.5, 0.6) is 11.5 Å². The molecule has 0 radical (unpaired) electrons. The fourth-order valence-electron chi connectivity index (χ4n) is 10.8. The summed E-state index contributed by atoms with van der Waals surface area (Å²) in [7, 11) is 3.50. The van der Waals surface area contributed by atoms with Gasteiger partial charge in [0.1, 0.15) is 6.04 Å². The van der Waals surface area contributed by atoms with Gasteiger partial charge in [0.15, 0.2) is 11.5 Å². The summed E-state index contributed by atoms with van der Waals surface area (Å²) in [6.07, 6.45) is 14.4. The first kappa shape index (κ1) is 29.9. The lowest BCUT2D eigenvalue weighted by atomic mass is 9.33. The number of phenolic OH excluding ortho intramolecular Hbond substituents is 1. The van der Waals surface area contributed by atoms with Gasteiger partial charge in [0.05, 0.1) is 12.7 Å². The fraction of sp³-hybridized carbons (Fsp3) is 0.605. The fourth-order valence-corrected chi connectivity index (χ4v) is 10.8. The van der Waals surface area contributed by atoms with Crippen molar-refractivity contribution in [3.8, 4) is 11.5 Å². The zero-order valence-electron chi connectivity index (χ0n) is 26.8. The molecule has 7 unspecified atom stereocenters. The summed E-state index contributed by atoms with van der Waals surface area (Å²) >= 11 is 0. The first-order valence-electron chi connectivity index (χ1n) is 16.8. The molecule has 0 aliphatic heterocycles. The highest BCUT2D eigenvalue weighted by Crippen LogP contribution is 2.75. The third-order valence-electron chi connectivity index (χ3n) is 13.0. The highest BCUT2D eigenvalue weighted by molar-refractivity contribution is 5.73. The molecule has 0 amide bonds. The molecule has 7 atom stereocenters. The van der Waals surface area contributed by atoms with E-state index in [0.717, 1.165) is 68.4 Å². The first-order chi connectivity index (χ1) is 21.1. The van der Waals surface area contributed by atoms with Crippen LogP contribution >= 0.6 is 0 Å². The van der Waals surface area contributed by atoms with Crippen LogP contribution in [0.4, 0.5) is 0 Å². The Bertz CT molecular complexity index is 1470. The van der Waals surface area contributed by atoms with E-state index in [1.165, 1.54) is 24.8 Å². The van der Waals surface area contributed by atoms with Crippen molar-refractivity contribution in [2.75, 3.05) is 14.2 Å². The smallest absolute Gasteiger partial charge is 0.320 e. The molecular weight excluding hydrogens is 550 g/mol. The quantitative estimate of drug-likeness (QED) is 0.263. The molecule has 0 saturated heterocycles. The van der Waals surface area contributed by atoms with Crippen molar-refractivity contribution < 1.29 is 24.5 Å². The highest BCUT2D eigenvalue weighted by atomic mass is 16.5. The standard InChI is InChI=1S/C38H49NO5/c1-24(34(41)42)39-35(2,28-10-6-5-7-11-28)31-22-36-17-18-38(31,44-4)23-37(36)16-8-9-26(19-25-12-13-25)20-29(36)21-27-14-15-30(43-3)33(40)32(27)37/h5-7,10-11,14-15,20,24-25,29,31,39-40H,8-9,12-13,16-19,21-23H2,1-4H3,(H,41,42). The maximum Gasteiger partial charge on any atom is 0.320 e. The molecule has 3 N–H and O–H groups in total. The molecule has 2 aromatic carbocycles. The van der Waals surface area contributed by atoms with Crippen LogP contribution in [0.25, 0.3) is 0 Å². The number of ether oxygens (including phenoxy) is 2. The monoisotopic (exact) mass is 599 g/mol. The molecule has 44 heavy (non-hydrogen) atoms. The first-order valence-corrected chi connectivity index (χ1v) is 16.8. The third kappa shape index (κ3) is 4.30. The van der Waals surface area contributed by atoms with Crippen molar-refractivity contribution in [2.45, 2.75) is 107 Å². The number of hydrogen-bond acceptors (Lipinski definition) is 5. The molecular formula is C38H49NO5. The predicted octanol–water partition coefficient (Wildman–Crippen LogP) is 7.27. The summed E-state index contributed by atoms with van der Waals surface area (Å²) in [6, 6.07) is 13.8. The van der Waals surface area contributed by atoms with E-state index in [1.807, 2.05) is 19.2 Å². The van der Waals surface area contributed by atoms with Crippen LogP contribution in [0.2, 0.25) is 0 Å². The third-order valence-corrected chi connectivity index (χ3v) is 13.0. The van der Waals surface area contributed by atoms with Gasteiger partial charge in [-0.05, 0) is 119 Å². The van der Waals surface area contributed by atoms with Gasteiger partial charge in [0.25, 0.3) is 0 Å². The molecule has 2 aromatic rings. The van der Waals surface area contributed by atoms with Gasteiger partial charge in [-0.25, -0.2) is 0 Å². The number of phenols is 1. The minimum absolute atomic E-state index is 0.0302. The summed E-state index contributed by atoms with van der Waals surface area (Å²) < 4.78 is 12.5. The Morgan fingerprint density at radius 2 is 1.89 bits per heavy atom. The van der Waals surface area contributed by atoms with Gasteiger partial charge in [-0.3, -0.25) is 10.1 Å². The lowest BCUT2D eigenvalue weighted by Crippen LogP contribution is -2.73. The van der Waals surface area contributed by atoms with Gasteiger partial charge in [0.2, 0.25) is 0 Å². The van der Waals surface area contributed by atoms with Gasteiger partial charge in [-0.15, -0.1) is 0 Å². The van der Waals surface area contributed by atoms with Gasteiger partial charge in [0, 0.05) is 29.5 Å². The van der Waals surface area contributed by atoms with E-state index in [4.69, 9.17) is 9.47 Å². The van der Waals surface area contributed by atoms with E-state index >= 15 is 0 Å². The maximum absolute atomic E-state index is 12.3. The summed E-state index contributed by atoms with van der Waals surface area (Å²) in [5.74, 6) is 1.24. The number of nitrogens with one attached hydrogen (secondary N) is 1. The Morgan fingerprint density at radius 3 is 2.57 bits per heavy atom. The van der Waals surface area contributed by atoms with Crippen LogP contribution < -0.4 is 10.1 Å². The Morgan fingerprint density at radius 1 is 1.11 bits per heavy atom. The second-order valence-electron chi connectivity index (χ2n) is 15.0. The highest BCUT2D eigenvalue weighted by Gasteiger charge is 2.73. The van der Waals surface area contributed by atoms with E-state index in [9.17, 15) is 15.0 Å². The number of aliphatic carboxylic acids is 1. The molecule has 0 aromatic heterocycles. The number of methoxy groups -OCH3 is 2. The molecule has 8 rings (SSSR count). The second kappa shape index (κ2) is 10.6. The van der Waals surface area contributed by atoms with Crippen molar-refractivity contribution in [3.63, 3.8) is 0 Å². The van der Waals surface area contributed by atoms with Gasteiger partial charge in [-0.2, -0.15) is 0 Å². The largest absolute Gasteiger partial charge is 0.504 e. The number of carboxylic acids is 1. The number of carbonyl (C=O) groups is 1. The SMILES string of the molecule is COc1ccc2c(c1O)C13CCCC(CC4CC4)=CC(C2)C12CCC(OC)(C3)C(C(C)(NC(C)C(=O)O)c1ccccc1)C2. The Balaban J connectivity index is 1.44. The minimum Gasteiger partial charge on any atom is -0.504 e. The predicted molar refractivity (Wildman–Crippen MR) is 171 cm³/mol. The normalized spacial score (nSPS) is 34.4. The lowest BCUT2D eigenvalue weighted by molar-refractivity contribution is -0.234. The van der Waals surface area contributed by atoms with Crippen molar-refractivity contribution in [2.24, 2.45) is 23.2 Å². The number of benzene rings is 2. The van der Waals surface area contributed by atoms with Crippen LogP contribution in [0.15, 0.2) is 54.1 Å². The van der Waals surface area contributed by atoms with E-state index in [0.29, 0.717) is 17.4 Å². The number of carboxylic acid groups (broad SMARTS) is 1. The summed E-state index contributed by atoms with van der Waals surface area (Å²) in [4.78, 5) is 12.3. The van der Waals surface area contributed by atoms with E-state index in [1.54, 1.807) is 19.6 Å². The Hall–Kier alpha value is -2.83. The van der Waals surface area contributed by atoms with E-state index < -0.39 is 23.2 Å². The second-order valence-corrected chi connectivity index (χ2v) is 15.0. The molecule has 6 aliphatic carbocycles. The molecule has 4 saturated carbocycles. The molecule has 236 valence electrons. The van der Waals surface area contributed by atoms with E-state index in [-0.39, 0.29) is 16.7 Å². The number of allylic oxidation sites excluding steroid dienone is 2. The average molecular weight is 600 g/mol.